The van der Waals surface area contributed by atoms with Crippen molar-refractivity contribution in [1.82, 2.24) is 15.6 Å². The number of amides is 1. The van der Waals surface area contributed by atoms with Gasteiger partial charge >= 0.3 is 0 Å². The fourth-order valence-corrected chi connectivity index (χ4v) is 2.50. The maximum absolute atomic E-state index is 12.6. The van der Waals surface area contributed by atoms with E-state index < -0.39 is 0 Å². The first kappa shape index (κ1) is 16.0. The molecule has 0 atom stereocenters. The Kier molecular flexibility index (Phi) is 5.03. The van der Waals surface area contributed by atoms with Crippen molar-refractivity contribution in [3.8, 4) is 0 Å². The van der Waals surface area contributed by atoms with Crippen molar-refractivity contribution in [2.75, 3.05) is 7.05 Å². The van der Waals surface area contributed by atoms with E-state index in [1.165, 1.54) is 6.26 Å². The van der Waals surface area contributed by atoms with E-state index >= 15 is 0 Å². The minimum Gasteiger partial charge on any atom is -0.447 e. The molecule has 0 aliphatic heterocycles. The molecule has 3 aromatic rings. The first-order valence-corrected chi connectivity index (χ1v) is 7.77. The van der Waals surface area contributed by atoms with E-state index in [1.54, 1.807) is 7.05 Å². The second-order valence-electron chi connectivity index (χ2n) is 5.38. The number of carbonyl (C=O) groups is 1. The second-order valence-corrected chi connectivity index (χ2v) is 5.38. The Labute approximate surface area is 140 Å². The van der Waals surface area contributed by atoms with Crippen LogP contribution in [0.4, 0.5) is 0 Å². The summed E-state index contributed by atoms with van der Waals surface area (Å²) in [4.78, 5) is 16.8. The van der Waals surface area contributed by atoms with Crippen LogP contribution in [-0.4, -0.2) is 17.9 Å². The average molecular weight is 321 g/mol. The van der Waals surface area contributed by atoms with Crippen LogP contribution in [0.25, 0.3) is 0 Å². The van der Waals surface area contributed by atoms with Crippen LogP contribution in [0.15, 0.2) is 71.3 Å². The molecule has 0 radical (unpaired) electrons. The van der Waals surface area contributed by atoms with Gasteiger partial charge in [-0.1, -0.05) is 60.7 Å². The van der Waals surface area contributed by atoms with Crippen molar-refractivity contribution < 1.29 is 9.21 Å². The van der Waals surface area contributed by atoms with Gasteiger partial charge in [0.15, 0.2) is 5.69 Å². The average Bonchev–Trinajstić information content (AvgIpc) is 3.10. The second kappa shape index (κ2) is 7.57. The van der Waals surface area contributed by atoms with Gasteiger partial charge < -0.3 is 15.1 Å². The van der Waals surface area contributed by atoms with Crippen molar-refractivity contribution in [3.63, 3.8) is 0 Å². The third kappa shape index (κ3) is 3.70. The molecule has 0 aliphatic rings. The van der Waals surface area contributed by atoms with Crippen molar-refractivity contribution in [1.29, 1.82) is 0 Å². The van der Waals surface area contributed by atoms with E-state index in [9.17, 15) is 4.79 Å². The van der Waals surface area contributed by atoms with Gasteiger partial charge in [-0.05, 0) is 18.2 Å². The predicted molar refractivity (Wildman–Crippen MR) is 91.5 cm³/mol. The Balaban J connectivity index is 1.85. The van der Waals surface area contributed by atoms with Crippen LogP contribution in [0.1, 0.15) is 33.5 Å². The van der Waals surface area contributed by atoms with Gasteiger partial charge in [-0.25, -0.2) is 4.98 Å². The number of rotatable bonds is 6. The Morgan fingerprint density at radius 2 is 1.62 bits per heavy atom. The van der Waals surface area contributed by atoms with E-state index in [1.807, 2.05) is 60.7 Å². The van der Waals surface area contributed by atoms with E-state index in [0.29, 0.717) is 12.4 Å². The van der Waals surface area contributed by atoms with Gasteiger partial charge in [0.05, 0.1) is 12.6 Å². The number of carbonyl (C=O) groups excluding carboxylic acids is 1. The van der Waals surface area contributed by atoms with Crippen molar-refractivity contribution in [3.05, 3.63) is 89.6 Å². The van der Waals surface area contributed by atoms with Crippen LogP contribution in [0, 0.1) is 0 Å². The number of benzene rings is 2. The SMILES string of the molecule is CNCc1nc(C(=O)NC(c2ccccc2)c2ccccc2)co1. The zero-order valence-corrected chi connectivity index (χ0v) is 13.4. The highest BCUT2D eigenvalue weighted by atomic mass is 16.3. The van der Waals surface area contributed by atoms with E-state index in [-0.39, 0.29) is 17.6 Å². The Morgan fingerprint density at radius 1 is 1.04 bits per heavy atom. The Morgan fingerprint density at radius 3 is 2.17 bits per heavy atom. The zero-order chi connectivity index (χ0) is 16.8. The van der Waals surface area contributed by atoms with Crippen LogP contribution in [0.3, 0.4) is 0 Å². The number of hydrogen-bond acceptors (Lipinski definition) is 4. The molecule has 0 fully saturated rings. The number of nitrogens with one attached hydrogen (secondary N) is 2. The minimum absolute atomic E-state index is 0.246. The molecular weight excluding hydrogens is 302 g/mol. The Bertz CT molecular complexity index is 745. The van der Waals surface area contributed by atoms with Gasteiger partial charge in [-0.3, -0.25) is 4.79 Å². The summed E-state index contributed by atoms with van der Waals surface area (Å²) in [6.07, 6.45) is 1.38. The molecule has 0 saturated carbocycles. The van der Waals surface area contributed by atoms with Gasteiger partial charge in [0, 0.05) is 0 Å². The molecule has 5 nitrogen and oxygen atoms in total. The van der Waals surface area contributed by atoms with E-state index in [4.69, 9.17) is 4.42 Å². The van der Waals surface area contributed by atoms with Gasteiger partial charge in [-0.2, -0.15) is 0 Å². The van der Waals surface area contributed by atoms with Crippen LogP contribution in [-0.2, 0) is 6.54 Å². The van der Waals surface area contributed by atoms with Gasteiger partial charge in [0.1, 0.15) is 6.26 Å². The molecule has 0 bridgehead atoms. The van der Waals surface area contributed by atoms with Gasteiger partial charge in [0.25, 0.3) is 5.91 Å². The summed E-state index contributed by atoms with van der Waals surface area (Å²) in [6.45, 7) is 0.480. The number of hydrogen-bond donors (Lipinski definition) is 2. The summed E-state index contributed by atoms with van der Waals surface area (Å²) in [5, 5.41) is 5.98. The smallest absolute Gasteiger partial charge is 0.273 e. The lowest BCUT2D eigenvalue weighted by molar-refractivity contribution is 0.0938. The molecule has 2 N–H and O–H groups in total. The molecule has 0 aliphatic carbocycles. The largest absolute Gasteiger partial charge is 0.447 e. The molecule has 0 spiro atoms. The summed E-state index contributed by atoms with van der Waals surface area (Å²) in [5.41, 5.74) is 2.30. The third-order valence-electron chi connectivity index (χ3n) is 3.65. The summed E-state index contributed by atoms with van der Waals surface area (Å²) in [6, 6.07) is 19.5. The molecule has 24 heavy (non-hydrogen) atoms. The Hall–Kier alpha value is -2.92. The summed E-state index contributed by atoms with van der Waals surface area (Å²) in [7, 11) is 1.80. The summed E-state index contributed by atoms with van der Waals surface area (Å²) < 4.78 is 5.28. The molecule has 0 unspecified atom stereocenters. The van der Waals surface area contributed by atoms with Crippen molar-refractivity contribution in [2.45, 2.75) is 12.6 Å². The minimum atomic E-state index is -0.265. The van der Waals surface area contributed by atoms with Crippen LogP contribution >= 0.6 is 0 Å². The molecule has 122 valence electrons. The lowest BCUT2D eigenvalue weighted by Crippen LogP contribution is -2.29. The number of aromatic nitrogens is 1. The van der Waals surface area contributed by atoms with Crippen LogP contribution < -0.4 is 10.6 Å². The molecule has 0 saturated heterocycles. The van der Waals surface area contributed by atoms with Crippen LogP contribution in [0.5, 0.6) is 0 Å². The van der Waals surface area contributed by atoms with Crippen molar-refractivity contribution in [2.24, 2.45) is 0 Å². The monoisotopic (exact) mass is 321 g/mol. The quantitative estimate of drug-likeness (QED) is 0.732. The molecule has 5 heteroatoms. The molecule has 2 aromatic carbocycles. The van der Waals surface area contributed by atoms with Crippen LogP contribution in [0.2, 0.25) is 0 Å². The fourth-order valence-electron chi connectivity index (χ4n) is 2.50. The molecule has 1 amide bonds. The third-order valence-corrected chi connectivity index (χ3v) is 3.65. The molecule has 1 aromatic heterocycles. The van der Waals surface area contributed by atoms with Gasteiger partial charge in [0.2, 0.25) is 5.89 Å². The standard InChI is InChI=1S/C19H19N3O2/c1-20-12-17-21-16(13-24-17)19(23)22-18(14-8-4-2-5-9-14)15-10-6-3-7-11-15/h2-11,13,18,20H,12H2,1H3,(H,22,23). The lowest BCUT2D eigenvalue weighted by atomic mass is 9.98. The van der Waals surface area contributed by atoms with Crippen molar-refractivity contribution >= 4 is 5.91 Å². The first-order valence-electron chi connectivity index (χ1n) is 7.77. The maximum Gasteiger partial charge on any atom is 0.273 e. The summed E-state index contributed by atoms with van der Waals surface area (Å²) in [5.74, 6) is 0.220. The topological polar surface area (TPSA) is 67.2 Å². The predicted octanol–water partition coefficient (Wildman–Crippen LogP) is 2.91. The van der Waals surface area contributed by atoms with Gasteiger partial charge in [-0.15, -0.1) is 0 Å². The molecular formula is C19H19N3O2. The molecule has 1 heterocycles. The zero-order valence-electron chi connectivity index (χ0n) is 13.4. The van der Waals surface area contributed by atoms with E-state index in [0.717, 1.165) is 11.1 Å². The molecule has 3 rings (SSSR count). The lowest BCUT2D eigenvalue weighted by Gasteiger charge is -2.19. The highest BCUT2D eigenvalue weighted by molar-refractivity contribution is 5.92. The fraction of sp³-hybridized carbons (Fsp3) is 0.158. The maximum atomic E-state index is 12.6. The van der Waals surface area contributed by atoms with E-state index in [2.05, 4.69) is 15.6 Å². The highest BCUT2D eigenvalue weighted by Crippen LogP contribution is 2.22. The summed E-state index contributed by atoms with van der Waals surface area (Å²) >= 11 is 0. The number of nitrogens with zero attached hydrogens (tertiary/aromatic N) is 1. The highest BCUT2D eigenvalue weighted by Gasteiger charge is 2.19. The normalized spacial score (nSPS) is 10.8. The first-order chi connectivity index (χ1) is 11.8. The number of oxazole rings is 1.